The molecular formula is C12H21Cl2NO. The van der Waals surface area contributed by atoms with Crippen molar-refractivity contribution in [3.8, 4) is 11.8 Å². The predicted octanol–water partition coefficient (Wildman–Crippen LogP) is 2.32. The van der Waals surface area contributed by atoms with E-state index in [4.69, 9.17) is 23.2 Å². The van der Waals surface area contributed by atoms with Crippen LogP contribution in [0.15, 0.2) is 0 Å². The molecule has 0 aliphatic heterocycles. The van der Waals surface area contributed by atoms with Crippen molar-refractivity contribution in [1.82, 2.24) is 4.90 Å². The molecule has 2 nitrogen and oxygen atoms in total. The van der Waals surface area contributed by atoms with Gasteiger partial charge in [-0.25, -0.2) is 0 Å². The Morgan fingerprint density at radius 2 is 1.81 bits per heavy atom. The van der Waals surface area contributed by atoms with E-state index in [1.54, 1.807) is 6.92 Å². The van der Waals surface area contributed by atoms with E-state index in [0.717, 1.165) is 19.5 Å². The Morgan fingerprint density at radius 3 is 2.25 bits per heavy atom. The molecule has 0 amide bonds. The molecule has 0 rings (SSSR count). The molecule has 0 aromatic carbocycles. The van der Waals surface area contributed by atoms with E-state index in [1.165, 1.54) is 0 Å². The molecule has 0 bridgehead atoms. The van der Waals surface area contributed by atoms with Crippen molar-refractivity contribution < 1.29 is 5.11 Å². The highest BCUT2D eigenvalue weighted by Gasteiger charge is 2.14. The second kappa shape index (κ2) is 9.13. The lowest BCUT2D eigenvalue weighted by atomic mass is 10.0. The third-order valence-corrected chi connectivity index (χ3v) is 2.54. The van der Waals surface area contributed by atoms with Gasteiger partial charge >= 0.3 is 0 Å². The van der Waals surface area contributed by atoms with E-state index >= 15 is 0 Å². The van der Waals surface area contributed by atoms with Crippen molar-refractivity contribution in [2.24, 2.45) is 0 Å². The van der Waals surface area contributed by atoms with E-state index in [2.05, 4.69) is 16.7 Å². The van der Waals surface area contributed by atoms with Crippen LogP contribution in [0.5, 0.6) is 0 Å². The zero-order valence-electron chi connectivity index (χ0n) is 10.1. The van der Waals surface area contributed by atoms with Crippen LogP contribution < -0.4 is 0 Å². The smallest absolute Gasteiger partial charge is 0.122 e. The quantitative estimate of drug-likeness (QED) is 0.564. The number of aliphatic hydroxyl groups is 1. The minimum atomic E-state index is -0.873. The van der Waals surface area contributed by atoms with E-state index in [-0.39, 0.29) is 0 Å². The van der Waals surface area contributed by atoms with Crippen LogP contribution in [0.25, 0.3) is 0 Å². The second-order valence-electron chi connectivity index (χ2n) is 3.98. The molecule has 1 N–H and O–H groups in total. The van der Waals surface area contributed by atoms with Crippen LogP contribution in [-0.2, 0) is 0 Å². The normalized spacial score (nSPS) is 14.4. The lowest BCUT2D eigenvalue weighted by molar-refractivity contribution is 0.111. The first-order valence-corrected chi connectivity index (χ1v) is 6.69. The summed E-state index contributed by atoms with van der Waals surface area (Å²) in [4.78, 5) is 2.08. The standard InChI is InChI=1S/C12H21Cl2NO/c1-3-5-12(2,16)6-4-9-15(10-7-13)11-8-14/h16H,3,5,7-11H2,1-2H3. The van der Waals surface area contributed by atoms with E-state index < -0.39 is 5.60 Å². The molecule has 0 fully saturated rings. The number of rotatable bonds is 7. The topological polar surface area (TPSA) is 23.5 Å². The summed E-state index contributed by atoms with van der Waals surface area (Å²) in [6, 6.07) is 0. The van der Waals surface area contributed by atoms with Gasteiger partial charge in [0.15, 0.2) is 0 Å². The fourth-order valence-electron chi connectivity index (χ4n) is 1.40. The molecule has 0 radical (unpaired) electrons. The Bertz CT molecular complexity index is 227. The van der Waals surface area contributed by atoms with E-state index in [9.17, 15) is 5.11 Å². The number of nitrogens with zero attached hydrogens (tertiary/aromatic N) is 1. The summed E-state index contributed by atoms with van der Waals surface area (Å²) < 4.78 is 0. The van der Waals surface area contributed by atoms with Gasteiger partial charge in [-0.05, 0) is 13.3 Å². The highest BCUT2D eigenvalue weighted by molar-refractivity contribution is 6.18. The SMILES string of the molecule is CCCC(C)(O)C#CCN(CCCl)CCCl. The summed E-state index contributed by atoms with van der Waals surface area (Å²) in [5.74, 6) is 7.02. The van der Waals surface area contributed by atoms with Gasteiger partial charge in [0.1, 0.15) is 5.60 Å². The van der Waals surface area contributed by atoms with Crippen LogP contribution >= 0.6 is 23.2 Å². The maximum Gasteiger partial charge on any atom is 0.122 e. The second-order valence-corrected chi connectivity index (χ2v) is 4.74. The van der Waals surface area contributed by atoms with Crippen LogP contribution in [0.1, 0.15) is 26.7 Å². The molecule has 16 heavy (non-hydrogen) atoms. The maximum absolute atomic E-state index is 9.84. The first-order chi connectivity index (χ1) is 7.55. The first kappa shape index (κ1) is 16.1. The van der Waals surface area contributed by atoms with Gasteiger partial charge in [-0.2, -0.15) is 0 Å². The summed E-state index contributed by atoms with van der Waals surface area (Å²) in [7, 11) is 0. The Hall–Kier alpha value is 0.0600. The van der Waals surface area contributed by atoms with Crippen molar-refractivity contribution in [3.05, 3.63) is 0 Å². The predicted molar refractivity (Wildman–Crippen MR) is 71.2 cm³/mol. The van der Waals surface area contributed by atoms with Crippen molar-refractivity contribution in [2.45, 2.75) is 32.3 Å². The zero-order valence-corrected chi connectivity index (χ0v) is 11.6. The fraction of sp³-hybridized carbons (Fsp3) is 0.833. The van der Waals surface area contributed by atoms with Gasteiger partial charge in [0.25, 0.3) is 0 Å². The average molecular weight is 266 g/mol. The Labute approximate surface area is 109 Å². The van der Waals surface area contributed by atoms with Gasteiger partial charge in [-0.1, -0.05) is 25.2 Å². The molecule has 0 aromatic heterocycles. The van der Waals surface area contributed by atoms with E-state index in [1.807, 2.05) is 6.92 Å². The van der Waals surface area contributed by atoms with Crippen molar-refractivity contribution >= 4 is 23.2 Å². The minimum Gasteiger partial charge on any atom is -0.378 e. The number of alkyl halides is 2. The Balaban J connectivity index is 4.12. The molecule has 1 atom stereocenters. The van der Waals surface area contributed by atoms with Crippen LogP contribution in [-0.4, -0.2) is 47.0 Å². The molecule has 0 heterocycles. The van der Waals surface area contributed by atoms with Gasteiger partial charge in [0, 0.05) is 24.8 Å². The Morgan fingerprint density at radius 1 is 1.25 bits per heavy atom. The van der Waals surface area contributed by atoms with Crippen LogP contribution in [0.4, 0.5) is 0 Å². The Kier molecular flexibility index (Phi) is 9.16. The zero-order chi connectivity index (χ0) is 12.4. The summed E-state index contributed by atoms with van der Waals surface area (Å²) >= 11 is 11.3. The van der Waals surface area contributed by atoms with E-state index in [0.29, 0.717) is 24.7 Å². The lowest BCUT2D eigenvalue weighted by Crippen LogP contribution is -2.29. The minimum absolute atomic E-state index is 0.573. The summed E-state index contributed by atoms with van der Waals surface area (Å²) in [5, 5.41) is 9.84. The van der Waals surface area contributed by atoms with Gasteiger partial charge in [0.2, 0.25) is 0 Å². The van der Waals surface area contributed by atoms with Gasteiger partial charge in [-0.3, -0.25) is 4.90 Å². The average Bonchev–Trinajstić information content (AvgIpc) is 2.18. The highest BCUT2D eigenvalue weighted by Crippen LogP contribution is 2.09. The van der Waals surface area contributed by atoms with Crippen LogP contribution in [0, 0.1) is 11.8 Å². The molecule has 4 heteroatoms. The van der Waals surface area contributed by atoms with Crippen LogP contribution in [0.3, 0.4) is 0 Å². The number of hydrogen-bond donors (Lipinski definition) is 1. The van der Waals surface area contributed by atoms with Gasteiger partial charge < -0.3 is 5.11 Å². The summed E-state index contributed by atoms with van der Waals surface area (Å²) in [6.07, 6.45) is 1.62. The van der Waals surface area contributed by atoms with Gasteiger partial charge in [-0.15, -0.1) is 23.2 Å². The molecular weight excluding hydrogens is 245 g/mol. The first-order valence-electron chi connectivity index (χ1n) is 5.62. The monoisotopic (exact) mass is 265 g/mol. The van der Waals surface area contributed by atoms with Crippen LogP contribution in [0.2, 0.25) is 0 Å². The largest absolute Gasteiger partial charge is 0.378 e. The van der Waals surface area contributed by atoms with Gasteiger partial charge in [0.05, 0.1) is 6.54 Å². The molecule has 0 saturated heterocycles. The number of hydrogen-bond acceptors (Lipinski definition) is 2. The molecule has 0 saturated carbocycles. The third kappa shape index (κ3) is 8.24. The summed E-state index contributed by atoms with van der Waals surface area (Å²) in [5.41, 5.74) is -0.873. The molecule has 0 aliphatic carbocycles. The lowest BCUT2D eigenvalue weighted by Gasteiger charge is -2.17. The third-order valence-electron chi connectivity index (χ3n) is 2.20. The molecule has 1 unspecified atom stereocenters. The number of halogens is 2. The molecule has 94 valence electrons. The fourth-order valence-corrected chi connectivity index (χ4v) is 1.88. The molecule has 0 aromatic rings. The summed E-state index contributed by atoms with van der Waals surface area (Å²) in [6.45, 7) is 5.94. The van der Waals surface area contributed by atoms with Crippen molar-refractivity contribution in [2.75, 3.05) is 31.4 Å². The van der Waals surface area contributed by atoms with Crippen molar-refractivity contribution in [1.29, 1.82) is 0 Å². The maximum atomic E-state index is 9.84. The molecule has 0 spiro atoms. The molecule has 0 aliphatic rings. The van der Waals surface area contributed by atoms with Crippen molar-refractivity contribution in [3.63, 3.8) is 0 Å². The highest BCUT2D eigenvalue weighted by atomic mass is 35.5.